The second-order valence-corrected chi connectivity index (χ2v) is 12.1. The van der Waals surface area contributed by atoms with Crippen molar-refractivity contribution in [2.24, 2.45) is 5.92 Å². The molecule has 42 heavy (non-hydrogen) atoms. The third-order valence-electron chi connectivity index (χ3n) is 9.82. The highest BCUT2D eigenvalue weighted by Crippen LogP contribution is 2.39. The number of nitrogens with zero attached hydrogens (tertiary/aromatic N) is 6. The molecule has 4 aromatic rings. The van der Waals surface area contributed by atoms with Crippen LogP contribution in [0.25, 0.3) is 22.3 Å². The number of carboxylic acid groups (broad SMARTS) is 1. The van der Waals surface area contributed by atoms with Crippen LogP contribution in [0.4, 0.5) is 5.95 Å². The van der Waals surface area contributed by atoms with Gasteiger partial charge in [0.05, 0.1) is 17.7 Å². The Kier molecular flexibility index (Phi) is 7.01. The van der Waals surface area contributed by atoms with Crippen molar-refractivity contribution in [3.05, 3.63) is 59.5 Å². The average Bonchev–Trinajstić information content (AvgIpc) is 3.40. The van der Waals surface area contributed by atoms with Crippen LogP contribution in [0.2, 0.25) is 0 Å². The highest BCUT2D eigenvalue weighted by molar-refractivity contribution is 5.86. The van der Waals surface area contributed by atoms with Gasteiger partial charge >= 0.3 is 5.97 Å². The van der Waals surface area contributed by atoms with Crippen molar-refractivity contribution < 1.29 is 15.0 Å². The van der Waals surface area contributed by atoms with E-state index < -0.39 is 5.97 Å². The summed E-state index contributed by atoms with van der Waals surface area (Å²) in [5.74, 6) is 0.587. The van der Waals surface area contributed by atoms with E-state index in [0.29, 0.717) is 23.2 Å². The summed E-state index contributed by atoms with van der Waals surface area (Å²) in [6.45, 7) is 5.09. The van der Waals surface area contributed by atoms with Crippen LogP contribution in [0.3, 0.4) is 0 Å². The number of piperidine rings is 1. The molecule has 1 aliphatic carbocycles. The predicted octanol–water partition coefficient (Wildman–Crippen LogP) is 5.07. The Morgan fingerprint density at radius 2 is 1.71 bits per heavy atom. The van der Waals surface area contributed by atoms with E-state index in [0.717, 1.165) is 87.3 Å². The fraction of sp³-hybridized carbons (Fsp3) is 0.469. The number of aromatic hydroxyl groups is 1. The number of phenols is 1. The summed E-state index contributed by atoms with van der Waals surface area (Å²) >= 11 is 0. The summed E-state index contributed by atoms with van der Waals surface area (Å²) in [4.78, 5) is 29.3. The monoisotopic (exact) mass is 567 g/mol. The van der Waals surface area contributed by atoms with Gasteiger partial charge in [-0.3, -0.25) is 4.79 Å². The number of anilines is 1. The average molecular weight is 568 g/mol. The number of carbonyl (C=O) groups is 1. The SMILES string of the molecule is C[C@@H]1c2c([nH]c3nnc(-c4ccccc4O)cc23)CCN1c1ncc(C2CCN(C3CCC(C(=O)O)CC3)CC2)cn1. The second-order valence-electron chi connectivity index (χ2n) is 12.1. The van der Waals surface area contributed by atoms with Gasteiger partial charge < -0.3 is 25.0 Å². The van der Waals surface area contributed by atoms with Crippen LogP contribution in [0.5, 0.6) is 5.75 Å². The van der Waals surface area contributed by atoms with Crippen molar-refractivity contribution >= 4 is 23.0 Å². The lowest BCUT2D eigenvalue weighted by Crippen LogP contribution is -2.43. The van der Waals surface area contributed by atoms with Gasteiger partial charge in [0.15, 0.2) is 5.65 Å². The Hall–Kier alpha value is -4.05. The molecule has 0 radical (unpaired) electrons. The van der Waals surface area contributed by atoms with Crippen LogP contribution >= 0.6 is 0 Å². The van der Waals surface area contributed by atoms with E-state index in [1.807, 2.05) is 30.6 Å². The Labute approximate surface area is 244 Å². The van der Waals surface area contributed by atoms with E-state index >= 15 is 0 Å². The lowest BCUT2D eigenvalue weighted by atomic mass is 9.83. The smallest absolute Gasteiger partial charge is 0.306 e. The van der Waals surface area contributed by atoms with E-state index in [-0.39, 0.29) is 17.7 Å². The molecule has 2 aliphatic heterocycles. The quantitative estimate of drug-likeness (QED) is 0.303. The molecule has 1 aromatic carbocycles. The summed E-state index contributed by atoms with van der Waals surface area (Å²) < 4.78 is 0. The standard InChI is InChI=1S/C32H37N7O3/c1-19-29-25-16-27(24-4-2-3-5-28(24)40)36-37-30(25)35-26(29)12-15-39(19)32-33-17-22(18-34-32)20-10-13-38(14-11-20)23-8-6-21(7-9-23)31(41)42/h2-5,16-21,23,40H,6-15H2,1H3,(H,35,37)(H,41,42)/t19-,21?,23?/m1/s1. The van der Waals surface area contributed by atoms with Gasteiger partial charge in [-0.05, 0) is 88.2 Å². The summed E-state index contributed by atoms with van der Waals surface area (Å²) in [6, 6.07) is 9.79. The minimum atomic E-state index is -0.635. The number of likely N-dealkylation sites (tertiary alicyclic amines) is 1. The first-order valence-corrected chi connectivity index (χ1v) is 15.2. The molecule has 0 bridgehead atoms. The Balaban J connectivity index is 1.04. The molecule has 10 nitrogen and oxygen atoms in total. The minimum Gasteiger partial charge on any atom is -0.507 e. The normalized spacial score (nSPS) is 23.6. The molecule has 3 N–H and O–H groups in total. The predicted molar refractivity (Wildman–Crippen MR) is 159 cm³/mol. The third kappa shape index (κ3) is 4.87. The highest BCUT2D eigenvalue weighted by atomic mass is 16.4. The van der Waals surface area contributed by atoms with Crippen LogP contribution in [-0.2, 0) is 11.2 Å². The number of rotatable bonds is 5. The number of hydrogen-bond donors (Lipinski definition) is 3. The number of benzene rings is 1. The number of carboxylic acids is 1. The first-order chi connectivity index (χ1) is 20.5. The molecule has 1 saturated heterocycles. The van der Waals surface area contributed by atoms with E-state index in [4.69, 9.17) is 9.97 Å². The van der Waals surface area contributed by atoms with Gasteiger partial charge in [0, 0.05) is 53.6 Å². The fourth-order valence-electron chi connectivity index (χ4n) is 7.39. The van der Waals surface area contributed by atoms with E-state index in [9.17, 15) is 15.0 Å². The first-order valence-electron chi connectivity index (χ1n) is 15.2. The summed E-state index contributed by atoms with van der Waals surface area (Å²) in [5.41, 5.74) is 5.61. The third-order valence-corrected chi connectivity index (χ3v) is 9.82. The number of aromatic nitrogens is 5. The van der Waals surface area contributed by atoms with Gasteiger partial charge in [0.1, 0.15) is 5.75 Å². The molecule has 3 aromatic heterocycles. The van der Waals surface area contributed by atoms with Crippen molar-refractivity contribution in [2.75, 3.05) is 24.5 Å². The van der Waals surface area contributed by atoms with Gasteiger partial charge in [-0.1, -0.05) is 12.1 Å². The van der Waals surface area contributed by atoms with Crippen molar-refractivity contribution in [3.63, 3.8) is 0 Å². The lowest BCUT2D eigenvalue weighted by Gasteiger charge is -2.40. The number of para-hydroxylation sites is 1. The molecule has 1 saturated carbocycles. The molecule has 3 aliphatic rings. The Morgan fingerprint density at radius 1 is 0.976 bits per heavy atom. The van der Waals surface area contributed by atoms with Crippen LogP contribution in [-0.4, -0.2) is 71.9 Å². The number of aliphatic carboxylic acids is 1. The van der Waals surface area contributed by atoms with E-state index in [1.54, 1.807) is 12.1 Å². The second kappa shape index (κ2) is 11.0. The summed E-state index contributed by atoms with van der Waals surface area (Å²) in [6.07, 6.45) is 10.6. The Bertz CT molecular complexity index is 1590. The molecule has 0 amide bonds. The molecule has 0 unspecified atom stereocenters. The topological polar surface area (TPSA) is 131 Å². The van der Waals surface area contributed by atoms with Crippen LogP contribution in [0.15, 0.2) is 42.7 Å². The molecular weight excluding hydrogens is 530 g/mol. The van der Waals surface area contributed by atoms with E-state index in [2.05, 4.69) is 31.9 Å². The largest absolute Gasteiger partial charge is 0.507 e. The number of phenolic OH excluding ortho intramolecular Hbond substituents is 1. The van der Waals surface area contributed by atoms with Gasteiger partial charge in [-0.2, -0.15) is 0 Å². The van der Waals surface area contributed by atoms with Crippen molar-refractivity contribution in [1.29, 1.82) is 0 Å². The Morgan fingerprint density at radius 3 is 2.43 bits per heavy atom. The van der Waals surface area contributed by atoms with Crippen LogP contribution in [0, 0.1) is 5.92 Å². The van der Waals surface area contributed by atoms with Crippen molar-refractivity contribution in [2.45, 2.75) is 69.9 Å². The number of H-pyrrole nitrogens is 1. The molecule has 5 heterocycles. The molecule has 7 rings (SSSR count). The van der Waals surface area contributed by atoms with Gasteiger partial charge in [-0.25, -0.2) is 9.97 Å². The molecule has 10 heteroatoms. The summed E-state index contributed by atoms with van der Waals surface area (Å²) in [7, 11) is 0. The van der Waals surface area contributed by atoms with Crippen molar-refractivity contribution in [1.82, 2.24) is 30.0 Å². The fourth-order valence-corrected chi connectivity index (χ4v) is 7.39. The maximum atomic E-state index is 11.3. The molecule has 2 fully saturated rings. The minimum absolute atomic E-state index is 0.0502. The number of fused-ring (bicyclic) bond motifs is 3. The van der Waals surface area contributed by atoms with Crippen LogP contribution < -0.4 is 4.90 Å². The van der Waals surface area contributed by atoms with Gasteiger partial charge in [-0.15, -0.1) is 10.2 Å². The number of aromatic amines is 1. The summed E-state index contributed by atoms with van der Waals surface area (Å²) in [5, 5.41) is 29.5. The van der Waals surface area contributed by atoms with Gasteiger partial charge in [0.25, 0.3) is 0 Å². The molecule has 218 valence electrons. The number of hydrogen-bond acceptors (Lipinski definition) is 8. The molecule has 1 atom stereocenters. The molecular formula is C32H37N7O3. The zero-order valence-corrected chi connectivity index (χ0v) is 23.9. The molecule has 0 spiro atoms. The number of nitrogens with one attached hydrogen (secondary N) is 1. The van der Waals surface area contributed by atoms with Crippen LogP contribution in [0.1, 0.15) is 74.2 Å². The maximum absolute atomic E-state index is 11.3. The highest BCUT2D eigenvalue weighted by Gasteiger charge is 2.33. The van der Waals surface area contributed by atoms with E-state index in [1.165, 1.54) is 11.1 Å². The zero-order chi connectivity index (χ0) is 28.8. The van der Waals surface area contributed by atoms with Crippen molar-refractivity contribution in [3.8, 4) is 17.0 Å². The van der Waals surface area contributed by atoms with Gasteiger partial charge in [0.2, 0.25) is 5.95 Å². The first kappa shape index (κ1) is 26.8. The zero-order valence-electron chi connectivity index (χ0n) is 23.9. The lowest BCUT2D eigenvalue weighted by molar-refractivity contribution is -0.143. The maximum Gasteiger partial charge on any atom is 0.306 e.